The van der Waals surface area contributed by atoms with Crippen LogP contribution < -0.4 is 15.9 Å². The number of hydrogen-bond acceptors (Lipinski definition) is 10. The largest absolute Gasteiger partial charge is 0.504 e. The number of nitrogens with one attached hydrogen (secondary N) is 1. The Bertz CT molecular complexity index is 1250. The summed E-state index contributed by atoms with van der Waals surface area (Å²) in [6, 6.07) is 13.6. The van der Waals surface area contributed by atoms with E-state index in [1.807, 2.05) is 6.07 Å². The molecule has 2 aromatic carbocycles. The molecule has 0 aliphatic rings. The molecule has 31 heavy (non-hydrogen) atoms. The number of methoxy groups -OCH3 is 1. The van der Waals surface area contributed by atoms with Gasteiger partial charge in [-0.3, -0.25) is 4.79 Å². The number of nitrogen functional groups attached to an aromatic ring is 1. The van der Waals surface area contributed by atoms with Crippen LogP contribution in [0.15, 0.2) is 58.3 Å². The lowest BCUT2D eigenvalue weighted by Crippen LogP contribution is -2.19. The SMILES string of the molecule is COc1cc(/C=N/NC(=O)c2nnn(-c3nonc3N)c2-c2ccccc2)ccc1O. The van der Waals surface area contributed by atoms with Crippen LogP contribution in [0.2, 0.25) is 0 Å². The number of nitrogens with two attached hydrogens (primary N) is 1. The Kier molecular flexibility index (Phi) is 5.26. The number of benzene rings is 2. The standard InChI is InChI=1S/C19H16N8O4/c1-30-14-9-11(7-8-13(14)28)10-21-23-19(29)15-16(12-5-3-2-4-6-12)27(26-22-15)18-17(20)24-31-25-18/h2-10,28H,1H3,(H2,20,24)(H,23,29)/b21-10+. The van der Waals surface area contributed by atoms with E-state index in [0.29, 0.717) is 16.8 Å². The van der Waals surface area contributed by atoms with Gasteiger partial charge in [0.1, 0.15) is 5.69 Å². The molecule has 12 nitrogen and oxygen atoms in total. The van der Waals surface area contributed by atoms with E-state index in [4.69, 9.17) is 10.5 Å². The number of nitrogens with zero attached hydrogens (tertiary/aromatic N) is 6. The maximum Gasteiger partial charge on any atom is 0.294 e. The number of phenols is 1. The smallest absolute Gasteiger partial charge is 0.294 e. The zero-order chi connectivity index (χ0) is 21.8. The molecule has 0 saturated heterocycles. The molecule has 4 rings (SSSR count). The summed E-state index contributed by atoms with van der Waals surface area (Å²) < 4.78 is 11.0. The van der Waals surface area contributed by atoms with Crippen molar-refractivity contribution in [3.05, 3.63) is 59.8 Å². The van der Waals surface area contributed by atoms with Crippen LogP contribution in [-0.2, 0) is 0 Å². The molecule has 0 unspecified atom stereocenters. The first-order chi connectivity index (χ1) is 15.1. The fraction of sp³-hybridized carbons (Fsp3) is 0.0526. The monoisotopic (exact) mass is 420 g/mol. The van der Waals surface area contributed by atoms with Gasteiger partial charge in [0.15, 0.2) is 17.2 Å². The molecule has 156 valence electrons. The number of rotatable bonds is 6. The van der Waals surface area contributed by atoms with E-state index in [1.54, 1.807) is 36.4 Å². The van der Waals surface area contributed by atoms with Gasteiger partial charge in [-0.1, -0.05) is 35.5 Å². The number of carbonyl (C=O) groups is 1. The molecule has 2 heterocycles. The minimum Gasteiger partial charge on any atom is -0.504 e. The van der Waals surface area contributed by atoms with Crippen LogP contribution in [0.5, 0.6) is 11.5 Å². The molecule has 0 spiro atoms. The van der Waals surface area contributed by atoms with Crippen LogP contribution >= 0.6 is 0 Å². The van der Waals surface area contributed by atoms with Crippen molar-refractivity contribution in [2.24, 2.45) is 5.10 Å². The number of phenolic OH excluding ortho intramolecular Hbond substituents is 1. The van der Waals surface area contributed by atoms with Crippen molar-refractivity contribution in [3.63, 3.8) is 0 Å². The Labute approximate surface area is 174 Å². The fourth-order valence-corrected chi connectivity index (χ4v) is 2.77. The maximum absolute atomic E-state index is 12.8. The summed E-state index contributed by atoms with van der Waals surface area (Å²) in [5, 5.41) is 28.8. The average Bonchev–Trinajstić information content (AvgIpc) is 3.41. The summed E-state index contributed by atoms with van der Waals surface area (Å²) in [5.41, 5.74) is 9.75. The number of anilines is 1. The van der Waals surface area contributed by atoms with Crippen molar-refractivity contribution in [1.29, 1.82) is 0 Å². The topological polar surface area (TPSA) is 167 Å². The number of ether oxygens (including phenoxy) is 1. The van der Waals surface area contributed by atoms with Crippen LogP contribution in [0.1, 0.15) is 16.1 Å². The van der Waals surface area contributed by atoms with Crippen LogP contribution in [0.25, 0.3) is 17.1 Å². The minimum absolute atomic E-state index is 0.00517. The summed E-state index contributed by atoms with van der Waals surface area (Å²) >= 11 is 0. The van der Waals surface area contributed by atoms with E-state index in [1.165, 1.54) is 24.1 Å². The number of hydrogen-bond donors (Lipinski definition) is 3. The third-order valence-corrected chi connectivity index (χ3v) is 4.21. The number of aromatic nitrogens is 5. The minimum atomic E-state index is -0.609. The molecule has 2 aromatic heterocycles. The van der Waals surface area contributed by atoms with Crippen molar-refractivity contribution in [2.75, 3.05) is 12.8 Å². The highest BCUT2D eigenvalue weighted by Gasteiger charge is 2.24. The normalized spacial score (nSPS) is 11.0. The molecule has 0 fully saturated rings. The number of carbonyl (C=O) groups excluding carboxylic acids is 1. The lowest BCUT2D eigenvalue weighted by atomic mass is 10.1. The van der Waals surface area contributed by atoms with Crippen molar-refractivity contribution in [2.45, 2.75) is 0 Å². The lowest BCUT2D eigenvalue weighted by molar-refractivity contribution is 0.0950. The molecule has 0 atom stereocenters. The zero-order valence-electron chi connectivity index (χ0n) is 16.1. The number of amides is 1. The molecular weight excluding hydrogens is 404 g/mol. The van der Waals surface area contributed by atoms with Crippen molar-refractivity contribution >= 4 is 17.9 Å². The van der Waals surface area contributed by atoms with E-state index in [9.17, 15) is 9.90 Å². The molecule has 0 radical (unpaired) electrons. The number of hydrazone groups is 1. The molecule has 0 aliphatic carbocycles. The van der Waals surface area contributed by atoms with E-state index in [2.05, 4.69) is 35.8 Å². The van der Waals surface area contributed by atoms with Crippen LogP contribution in [0.3, 0.4) is 0 Å². The highest BCUT2D eigenvalue weighted by atomic mass is 16.6. The third-order valence-electron chi connectivity index (χ3n) is 4.21. The van der Waals surface area contributed by atoms with Crippen LogP contribution in [0.4, 0.5) is 5.82 Å². The Morgan fingerprint density at radius 3 is 2.77 bits per heavy atom. The zero-order valence-corrected chi connectivity index (χ0v) is 16.1. The van der Waals surface area contributed by atoms with Gasteiger partial charge in [0.05, 0.1) is 13.3 Å². The Hall–Kier alpha value is -4.74. The lowest BCUT2D eigenvalue weighted by Gasteiger charge is -2.05. The molecule has 4 aromatic rings. The van der Waals surface area contributed by atoms with Crippen LogP contribution in [0, 0.1) is 0 Å². The summed E-state index contributed by atoms with van der Waals surface area (Å²) in [6.45, 7) is 0. The van der Waals surface area contributed by atoms with Gasteiger partial charge < -0.3 is 15.6 Å². The second-order valence-electron chi connectivity index (χ2n) is 6.17. The Morgan fingerprint density at radius 2 is 2.06 bits per heavy atom. The van der Waals surface area contributed by atoms with Gasteiger partial charge in [-0.05, 0) is 34.1 Å². The first-order valence-electron chi connectivity index (χ1n) is 8.88. The number of aromatic hydroxyl groups is 1. The van der Waals surface area contributed by atoms with E-state index < -0.39 is 5.91 Å². The van der Waals surface area contributed by atoms with Gasteiger partial charge >= 0.3 is 0 Å². The maximum atomic E-state index is 12.8. The van der Waals surface area contributed by atoms with Gasteiger partial charge in [0.25, 0.3) is 5.91 Å². The van der Waals surface area contributed by atoms with E-state index in [0.717, 1.165) is 0 Å². The van der Waals surface area contributed by atoms with Gasteiger partial charge in [0, 0.05) is 5.56 Å². The molecule has 0 saturated carbocycles. The fourth-order valence-electron chi connectivity index (χ4n) is 2.77. The van der Waals surface area contributed by atoms with E-state index in [-0.39, 0.29) is 28.8 Å². The predicted molar refractivity (Wildman–Crippen MR) is 109 cm³/mol. The summed E-state index contributed by atoms with van der Waals surface area (Å²) in [4.78, 5) is 12.8. The Morgan fingerprint density at radius 1 is 1.26 bits per heavy atom. The van der Waals surface area contributed by atoms with Crippen molar-refractivity contribution in [3.8, 4) is 28.6 Å². The highest BCUT2D eigenvalue weighted by molar-refractivity contribution is 5.98. The highest BCUT2D eigenvalue weighted by Crippen LogP contribution is 2.27. The average molecular weight is 420 g/mol. The molecule has 0 aliphatic heterocycles. The van der Waals surface area contributed by atoms with Gasteiger partial charge in [-0.15, -0.1) is 5.10 Å². The van der Waals surface area contributed by atoms with Crippen LogP contribution in [-0.4, -0.2) is 49.6 Å². The second-order valence-corrected chi connectivity index (χ2v) is 6.17. The molecule has 1 amide bonds. The van der Waals surface area contributed by atoms with Gasteiger partial charge in [-0.25, -0.2) is 10.1 Å². The van der Waals surface area contributed by atoms with E-state index >= 15 is 0 Å². The molecule has 12 heteroatoms. The quantitative estimate of drug-likeness (QED) is 0.308. The summed E-state index contributed by atoms with van der Waals surface area (Å²) in [5.74, 6) is -0.238. The molecule has 4 N–H and O–H groups in total. The molecular formula is C19H16N8O4. The third kappa shape index (κ3) is 3.89. The second kappa shape index (κ2) is 8.32. The van der Waals surface area contributed by atoms with Gasteiger partial charge in [0.2, 0.25) is 11.6 Å². The first kappa shape index (κ1) is 19.6. The summed E-state index contributed by atoms with van der Waals surface area (Å²) in [6.07, 6.45) is 1.39. The van der Waals surface area contributed by atoms with Gasteiger partial charge in [-0.2, -0.15) is 9.78 Å². The molecule has 0 bridgehead atoms. The van der Waals surface area contributed by atoms with Crippen molar-refractivity contribution in [1.82, 2.24) is 30.7 Å². The summed E-state index contributed by atoms with van der Waals surface area (Å²) in [7, 11) is 1.43. The first-order valence-corrected chi connectivity index (χ1v) is 8.88. The Balaban J connectivity index is 1.64. The predicted octanol–water partition coefficient (Wildman–Crippen LogP) is 1.38. The van der Waals surface area contributed by atoms with Crippen molar-refractivity contribution < 1.29 is 19.3 Å².